The van der Waals surface area contributed by atoms with E-state index in [1.807, 2.05) is 4.90 Å². The van der Waals surface area contributed by atoms with Gasteiger partial charge in [0.15, 0.2) is 0 Å². The normalized spacial score (nSPS) is 16.7. The zero-order valence-electron chi connectivity index (χ0n) is 15.9. The van der Waals surface area contributed by atoms with Crippen LogP contribution in [-0.2, 0) is 19.9 Å². The number of carbonyl (C=O) groups is 1. The van der Waals surface area contributed by atoms with Crippen molar-refractivity contribution in [1.29, 1.82) is 0 Å². The number of piperazine rings is 1. The Morgan fingerprint density at radius 2 is 1.74 bits per heavy atom. The van der Waals surface area contributed by atoms with E-state index in [4.69, 9.17) is 0 Å². The molecule has 1 aromatic carbocycles. The molecule has 0 aromatic heterocycles. The zero-order chi connectivity index (χ0) is 20.2. The lowest BCUT2D eigenvalue weighted by atomic mass is 10.2. The van der Waals surface area contributed by atoms with Crippen molar-refractivity contribution in [2.75, 3.05) is 44.7 Å². The lowest BCUT2D eigenvalue weighted by Crippen LogP contribution is -2.49. The van der Waals surface area contributed by atoms with Gasteiger partial charge in [0.1, 0.15) is 9.84 Å². The van der Waals surface area contributed by atoms with Gasteiger partial charge in [-0.3, -0.25) is 9.69 Å². The van der Waals surface area contributed by atoms with Crippen LogP contribution < -0.4 is 4.72 Å². The van der Waals surface area contributed by atoms with Crippen molar-refractivity contribution in [1.82, 2.24) is 14.5 Å². The van der Waals surface area contributed by atoms with Gasteiger partial charge in [-0.05, 0) is 32.0 Å². The van der Waals surface area contributed by atoms with Crippen LogP contribution in [0.2, 0.25) is 0 Å². The molecular weight excluding hydrogens is 390 g/mol. The molecule has 0 saturated carbocycles. The van der Waals surface area contributed by atoms with Crippen LogP contribution in [0.15, 0.2) is 29.2 Å². The maximum absolute atomic E-state index is 12.7. The van der Waals surface area contributed by atoms with E-state index in [9.17, 15) is 21.6 Å². The Balaban J connectivity index is 2.02. The Labute approximate surface area is 161 Å². The van der Waals surface area contributed by atoms with Gasteiger partial charge in [0.25, 0.3) is 5.91 Å². The molecule has 1 amide bonds. The smallest absolute Gasteiger partial charge is 0.253 e. The second-order valence-electron chi connectivity index (χ2n) is 7.07. The molecule has 0 unspecified atom stereocenters. The number of hydrogen-bond acceptors (Lipinski definition) is 6. The molecule has 1 N–H and O–H groups in total. The largest absolute Gasteiger partial charge is 0.336 e. The van der Waals surface area contributed by atoms with Gasteiger partial charge in [0.2, 0.25) is 10.0 Å². The van der Waals surface area contributed by atoms with E-state index in [-0.39, 0.29) is 22.6 Å². The van der Waals surface area contributed by atoms with Gasteiger partial charge in [0.05, 0.1) is 10.6 Å². The fourth-order valence-electron chi connectivity index (χ4n) is 2.83. The molecule has 0 atom stereocenters. The fourth-order valence-corrected chi connectivity index (χ4v) is 4.71. The quantitative estimate of drug-likeness (QED) is 0.679. The number of rotatable bonds is 7. The highest BCUT2D eigenvalue weighted by Crippen LogP contribution is 2.15. The molecule has 1 aromatic rings. The van der Waals surface area contributed by atoms with Crippen molar-refractivity contribution < 1.29 is 21.6 Å². The lowest BCUT2D eigenvalue weighted by Gasteiger charge is -2.34. The number of nitrogens with zero attached hydrogens (tertiary/aromatic N) is 2. The van der Waals surface area contributed by atoms with Gasteiger partial charge >= 0.3 is 0 Å². The molecule has 1 aliphatic rings. The van der Waals surface area contributed by atoms with Gasteiger partial charge in [-0.25, -0.2) is 21.6 Å². The number of sulfonamides is 1. The highest BCUT2D eigenvalue weighted by atomic mass is 32.2. The van der Waals surface area contributed by atoms with Crippen molar-refractivity contribution in [2.24, 2.45) is 0 Å². The Morgan fingerprint density at radius 1 is 1.11 bits per heavy atom. The van der Waals surface area contributed by atoms with Gasteiger partial charge < -0.3 is 4.90 Å². The monoisotopic (exact) mass is 417 g/mol. The van der Waals surface area contributed by atoms with Gasteiger partial charge in [-0.2, -0.15) is 0 Å². The molecule has 27 heavy (non-hydrogen) atoms. The molecule has 0 spiro atoms. The van der Waals surface area contributed by atoms with E-state index in [1.165, 1.54) is 18.4 Å². The molecule has 152 valence electrons. The van der Waals surface area contributed by atoms with Crippen molar-refractivity contribution >= 4 is 25.8 Å². The minimum atomic E-state index is -3.66. The Hall–Kier alpha value is -1.49. The zero-order valence-corrected chi connectivity index (χ0v) is 17.5. The average Bonchev–Trinajstić information content (AvgIpc) is 2.58. The minimum Gasteiger partial charge on any atom is -0.336 e. The molecule has 2 rings (SSSR count). The maximum atomic E-state index is 12.7. The van der Waals surface area contributed by atoms with Crippen LogP contribution in [0.5, 0.6) is 0 Å². The lowest BCUT2D eigenvalue weighted by molar-refractivity contribution is 0.0644. The first-order valence-corrected chi connectivity index (χ1v) is 12.3. The summed E-state index contributed by atoms with van der Waals surface area (Å²) in [5.41, 5.74) is 0.325. The first-order chi connectivity index (χ1) is 12.5. The predicted octanol–water partition coefficient (Wildman–Crippen LogP) is 0.176. The first-order valence-electron chi connectivity index (χ1n) is 8.80. The molecule has 0 radical (unpaired) electrons. The maximum Gasteiger partial charge on any atom is 0.253 e. The summed E-state index contributed by atoms with van der Waals surface area (Å²) < 4.78 is 49.6. The third-order valence-electron chi connectivity index (χ3n) is 4.22. The summed E-state index contributed by atoms with van der Waals surface area (Å²) in [7, 11) is -6.67. The fraction of sp³-hybridized carbons (Fsp3) is 0.588. The second kappa shape index (κ2) is 8.68. The first kappa shape index (κ1) is 21.8. The molecule has 0 bridgehead atoms. The van der Waals surface area contributed by atoms with Gasteiger partial charge in [-0.1, -0.05) is 6.07 Å². The Kier molecular flexibility index (Phi) is 7.01. The van der Waals surface area contributed by atoms with E-state index >= 15 is 0 Å². The topological polar surface area (TPSA) is 104 Å². The minimum absolute atomic E-state index is 0.0637. The molecule has 1 saturated heterocycles. The number of sulfone groups is 1. The Bertz CT molecular complexity index is 874. The van der Waals surface area contributed by atoms with E-state index in [0.29, 0.717) is 38.3 Å². The number of hydrogen-bond donors (Lipinski definition) is 1. The number of nitrogens with one attached hydrogen (secondary N) is 1. The van der Waals surface area contributed by atoms with E-state index in [2.05, 4.69) is 4.72 Å². The van der Waals surface area contributed by atoms with E-state index in [1.54, 1.807) is 30.9 Å². The third-order valence-corrected chi connectivity index (χ3v) is 6.80. The highest BCUT2D eigenvalue weighted by molar-refractivity contribution is 7.90. The third kappa shape index (κ3) is 6.56. The summed E-state index contributed by atoms with van der Waals surface area (Å²) in [4.78, 5) is 16.5. The summed E-state index contributed by atoms with van der Waals surface area (Å²) in [6.45, 7) is 6.05. The standard InChI is InChI=1S/C17H27N3O5S2/c1-14(2)18-27(24,25)16-6-4-5-15(13-16)17(21)20-9-7-19(8-10-20)11-12-26(3,22)23/h4-6,13-14,18H,7-12H2,1-3H3. The molecule has 1 aliphatic heterocycles. The van der Waals surface area contributed by atoms with Gasteiger partial charge in [-0.15, -0.1) is 0 Å². The van der Waals surface area contributed by atoms with Crippen molar-refractivity contribution in [3.8, 4) is 0 Å². The van der Waals surface area contributed by atoms with E-state index in [0.717, 1.165) is 0 Å². The van der Waals surface area contributed by atoms with Crippen molar-refractivity contribution in [3.63, 3.8) is 0 Å². The molecule has 8 nitrogen and oxygen atoms in total. The number of amides is 1. The molecular formula is C17H27N3O5S2. The number of benzene rings is 1. The predicted molar refractivity (Wildman–Crippen MR) is 104 cm³/mol. The van der Waals surface area contributed by atoms with Gasteiger partial charge in [0, 0.05) is 50.6 Å². The van der Waals surface area contributed by atoms with Crippen molar-refractivity contribution in [3.05, 3.63) is 29.8 Å². The summed E-state index contributed by atoms with van der Waals surface area (Å²) in [6, 6.07) is 5.78. The Morgan fingerprint density at radius 3 is 2.30 bits per heavy atom. The SMILES string of the molecule is CC(C)NS(=O)(=O)c1cccc(C(=O)N2CCN(CCS(C)(=O)=O)CC2)c1. The van der Waals surface area contributed by atoms with Crippen LogP contribution in [0.3, 0.4) is 0 Å². The highest BCUT2D eigenvalue weighted by Gasteiger charge is 2.24. The molecule has 1 heterocycles. The van der Waals surface area contributed by atoms with E-state index < -0.39 is 19.9 Å². The van der Waals surface area contributed by atoms with Crippen molar-refractivity contribution in [2.45, 2.75) is 24.8 Å². The van der Waals surface area contributed by atoms with Crippen LogP contribution >= 0.6 is 0 Å². The summed E-state index contributed by atoms with van der Waals surface area (Å²) in [5, 5.41) is 0. The molecule has 0 aliphatic carbocycles. The molecule has 10 heteroatoms. The van der Waals surface area contributed by atoms with Crippen LogP contribution in [-0.4, -0.2) is 83.3 Å². The summed E-state index contributed by atoms with van der Waals surface area (Å²) in [6.07, 6.45) is 1.21. The summed E-state index contributed by atoms with van der Waals surface area (Å²) >= 11 is 0. The average molecular weight is 418 g/mol. The van der Waals surface area contributed by atoms with Crippen LogP contribution in [0, 0.1) is 0 Å². The number of carbonyl (C=O) groups excluding carboxylic acids is 1. The summed E-state index contributed by atoms with van der Waals surface area (Å²) in [5.74, 6) is -0.122. The van der Waals surface area contributed by atoms with Crippen LogP contribution in [0.25, 0.3) is 0 Å². The van der Waals surface area contributed by atoms with Crippen LogP contribution in [0.1, 0.15) is 24.2 Å². The molecule has 1 fully saturated rings. The van der Waals surface area contributed by atoms with Crippen LogP contribution in [0.4, 0.5) is 0 Å². The second-order valence-corrected chi connectivity index (χ2v) is 11.0.